The maximum absolute atomic E-state index is 12.4. The first-order chi connectivity index (χ1) is 11.3. The number of amides is 1. The number of benzene rings is 1. The van der Waals surface area contributed by atoms with Crippen molar-refractivity contribution in [1.29, 1.82) is 0 Å². The van der Waals surface area contributed by atoms with Gasteiger partial charge in [0.15, 0.2) is 0 Å². The van der Waals surface area contributed by atoms with E-state index in [1.165, 1.54) is 7.11 Å². The molecule has 1 aliphatic heterocycles. The lowest BCUT2D eigenvalue weighted by molar-refractivity contribution is -0.135. The summed E-state index contributed by atoms with van der Waals surface area (Å²) in [6, 6.07) is 4.53. The topological polar surface area (TPSA) is 97.0 Å². The van der Waals surface area contributed by atoms with E-state index in [1.54, 1.807) is 30.0 Å². The fourth-order valence-corrected chi connectivity index (χ4v) is 3.01. The Morgan fingerprint density at radius 1 is 1.33 bits per heavy atom. The van der Waals surface area contributed by atoms with Crippen molar-refractivity contribution in [3.8, 4) is 5.75 Å². The second kappa shape index (κ2) is 7.71. The van der Waals surface area contributed by atoms with Crippen molar-refractivity contribution < 1.29 is 22.7 Å². The molecule has 1 aromatic carbocycles. The standard InChI is InChI=1S/C15H23N3O5S/c1-11(15(19)18-6-8-23-9-7-18)16-12-4-5-14(22-2)13(10-12)17-24(3,20)21/h4-5,10-11,16-17H,6-9H2,1-3H3/t11-/m1/s1. The molecule has 1 heterocycles. The van der Waals surface area contributed by atoms with Gasteiger partial charge in [0.2, 0.25) is 15.9 Å². The number of nitrogens with one attached hydrogen (secondary N) is 2. The lowest BCUT2D eigenvalue weighted by Gasteiger charge is -2.29. The van der Waals surface area contributed by atoms with Crippen molar-refractivity contribution in [3.05, 3.63) is 18.2 Å². The summed E-state index contributed by atoms with van der Waals surface area (Å²) >= 11 is 0. The van der Waals surface area contributed by atoms with Gasteiger partial charge in [0.05, 0.1) is 32.3 Å². The van der Waals surface area contributed by atoms with Gasteiger partial charge in [-0.1, -0.05) is 0 Å². The van der Waals surface area contributed by atoms with Gasteiger partial charge in [-0.15, -0.1) is 0 Å². The number of carbonyl (C=O) groups excluding carboxylic acids is 1. The van der Waals surface area contributed by atoms with Gasteiger partial charge in [0, 0.05) is 18.8 Å². The van der Waals surface area contributed by atoms with E-state index in [-0.39, 0.29) is 5.91 Å². The van der Waals surface area contributed by atoms with Crippen LogP contribution in [0.1, 0.15) is 6.92 Å². The molecular formula is C15H23N3O5S. The van der Waals surface area contributed by atoms with Crippen LogP contribution < -0.4 is 14.8 Å². The van der Waals surface area contributed by atoms with E-state index in [1.807, 2.05) is 0 Å². The molecule has 0 spiro atoms. The van der Waals surface area contributed by atoms with Crippen LogP contribution in [0.5, 0.6) is 5.75 Å². The fourth-order valence-electron chi connectivity index (χ4n) is 2.45. The van der Waals surface area contributed by atoms with E-state index in [0.717, 1.165) is 6.26 Å². The van der Waals surface area contributed by atoms with E-state index in [9.17, 15) is 13.2 Å². The van der Waals surface area contributed by atoms with Gasteiger partial charge in [0.25, 0.3) is 0 Å². The Labute approximate surface area is 142 Å². The second-order valence-electron chi connectivity index (χ2n) is 5.59. The van der Waals surface area contributed by atoms with Gasteiger partial charge in [-0.2, -0.15) is 0 Å². The molecule has 0 unspecified atom stereocenters. The summed E-state index contributed by atoms with van der Waals surface area (Å²) in [5.74, 6) is 0.380. The van der Waals surface area contributed by atoms with Gasteiger partial charge < -0.3 is 19.7 Å². The SMILES string of the molecule is COc1ccc(N[C@H](C)C(=O)N2CCOCC2)cc1NS(C)(=O)=O. The van der Waals surface area contributed by atoms with Crippen molar-refractivity contribution in [2.24, 2.45) is 0 Å². The summed E-state index contributed by atoms with van der Waals surface area (Å²) in [7, 11) is -1.98. The van der Waals surface area contributed by atoms with Crippen molar-refractivity contribution >= 4 is 27.3 Å². The van der Waals surface area contributed by atoms with E-state index in [0.29, 0.717) is 43.4 Å². The van der Waals surface area contributed by atoms with E-state index in [2.05, 4.69) is 10.0 Å². The molecule has 1 saturated heterocycles. The zero-order chi connectivity index (χ0) is 17.7. The Morgan fingerprint density at radius 2 is 2.00 bits per heavy atom. The lowest BCUT2D eigenvalue weighted by atomic mass is 10.2. The zero-order valence-electron chi connectivity index (χ0n) is 14.0. The molecular weight excluding hydrogens is 334 g/mol. The second-order valence-corrected chi connectivity index (χ2v) is 7.34. The number of anilines is 2. The third kappa shape index (κ3) is 5.00. The summed E-state index contributed by atoms with van der Waals surface area (Å²) in [4.78, 5) is 14.2. The molecule has 8 nitrogen and oxygen atoms in total. The largest absolute Gasteiger partial charge is 0.495 e. The summed E-state index contributed by atoms with van der Waals surface area (Å²) < 4.78 is 35.7. The van der Waals surface area contributed by atoms with Crippen LogP contribution in [-0.4, -0.2) is 64.9 Å². The van der Waals surface area contributed by atoms with Crippen LogP contribution in [0.15, 0.2) is 18.2 Å². The van der Waals surface area contributed by atoms with Crippen molar-refractivity contribution in [2.45, 2.75) is 13.0 Å². The number of rotatable bonds is 6. The van der Waals surface area contributed by atoms with Gasteiger partial charge in [-0.3, -0.25) is 9.52 Å². The number of methoxy groups -OCH3 is 1. The van der Waals surface area contributed by atoms with Crippen LogP contribution in [-0.2, 0) is 19.6 Å². The molecule has 1 fully saturated rings. The number of carbonyl (C=O) groups is 1. The summed E-state index contributed by atoms with van der Waals surface area (Å²) in [5, 5.41) is 3.09. The Kier molecular flexibility index (Phi) is 5.89. The minimum absolute atomic E-state index is 0.0215. The molecule has 2 rings (SSSR count). The molecule has 0 aromatic heterocycles. The van der Waals surface area contributed by atoms with E-state index in [4.69, 9.17) is 9.47 Å². The molecule has 134 valence electrons. The summed E-state index contributed by atoms with van der Waals surface area (Å²) in [6.45, 7) is 4.02. The maximum Gasteiger partial charge on any atom is 0.244 e. The zero-order valence-corrected chi connectivity index (χ0v) is 14.9. The predicted octanol–water partition coefficient (Wildman–Crippen LogP) is 0.726. The average molecular weight is 357 g/mol. The quantitative estimate of drug-likeness (QED) is 0.779. The van der Waals surface area contributed by atoms with Crippen molar-refractivity contribution in [1.82, 2.24) is 4.90 Å². The highest BCUT2D eigenvalue weighted by molar-refractivity contribution is 7.92. The van der Waals surface area contributed by atoms with Crippen LogP contribution in [0, 0.1) is 0 Å². The van der Waals surface area contributed by atoms with Gasteiger partial charge >= 0.3 is 0 Å². The Bertz CT molecular complexity index is 686. The molecule has 0 bridgehead atoms. The third-order valence-electron chi connectivity index (χ3n) is 3.57. The number of hydrogen-bond donors (Lipinski definition) is 2. The number of morpholine rings is 1. The first-order valence-electron chi connectivity index (χ1n) is 7.59. The molecule has 1 atom stereocenters. The number of sulfonamides is 1. The van der Waals surface area contributed by atoms with Gasteiger partial charge in [-0.25, -0.2) is 8.42 Å². The Hall–Kier alpha value is -2.00. The van der Waals surface area contributed by atoms with Crippen LogP contribution in [0.4, 0.5) is 11.4 Å². The third-order valence-corrected chi connectivity index (χ3v) is 4.16. The van der Waals surface area contributed by atoms with Crippen molar-refractivity contribution in [3.63, 3.8) is 0 Å². The predicted molar refractivity (Wildman–Crippen MR) is 91.9 cm³/mol. The van der Waals surface area contributed by atoms with E-state index >= 15 is 0 Å². The average Bonchev–Trinajstić information content (AvgIpc) is 2.53. The molecule has 9 heteroatoms. The molecule has 24 heavy (non-hydrogen) atoms. The fraction of sp³-hybridized carbons (Fsp3) is 0.533. The highest BCUT2D eigenvalue weighted by atomic mass is 32.2. The van der Waals surface area contributed by atoms with Crippen LogP contribution in [0.3, 0.4) is 0 Å². The number of hydrogen-bond acceptors (Lipinski definition) is 6. The normalized spacial score (nSPS) is 16.4. The van der Waals surface area contributed by atoms with E-state index < -0.39 is 16.1 Å². The van der Waals surface area contributed by atoms with Crippen LogP contribution in [0.2, 0.25) is 0 Å². The minimum Gasteiger partial charge on any atom is -0.495 e. The molecule has 1 amide bonds. The highest BCUT2D eigenvalue weighted by Gasteiger charge is 2.22. The first-order valence-corrected chi connectivity index (χ1v) is 9.48. The van der Waals surface area contributed by atoms with Crippen LogP contribution in [0.25, 0.3) is 0 Å². The Balaban J connectivity index is 2.10. The lowest BCUT2D eigenvalue weighted by Crippen LogP contribution is -2.47. The molecule has 1 aromatic rings. The van der Waals surface area contributed by atoms with Gasteiger partial charge in [-0.05, 0) is 25.1 Å². The number of ether oxygens (including phenoxy) is 2. The van der Waals surface area contributed by atoms with Crippen LogP contribution >= 0.6 is 0 Å². The molecule has 2 N–H and O–H groups in total. The summed E-state index contributed by atoms with van der Waals surface area (Å²) in [5.41, 5.74) is 0.937. The first kappa shape index (κ1) is 18.3. The summed E-state index contributed by atoms with van der Waals surface area (Å²) in [6.07, 6.45) is 1.07. The smallest absolute Gasteiger partial charge is 0.244 e. The Morgan fingerprint density at radius 3 is 2.58 bits per heavy atom. The monoisotopic (exact) mass is 357 g/mol. The minimum atomic E-state index is -3.44. The van der Waals surface area contributed by atoms with Crippen molar-refractivity contribution in [2.75, 3.05) is 49.7 Å². The molecule has 1 aliphatic rings. The maximum atomic E-state index is 12.4. The molecule has 0 radical (unpaired) electrons. The molecule has 0 saturated carbocycles. The highest BCUT2D eigenvalue weighted by Crippen LogP contribution is 2.29. The molecule has 0 aliphatic carbocycles. The van der Waals surface area contributed by atoms with Gasteiger partial charge in [0.1, 0.15) is 11.8 Å². The number of nitrogens with zero attached hydrogens (tertiary/aromatic N) is 1.